The van der Waals surface area contributed by atoms with E-state index in [1.807, 2.05) is 25.1 Å². The summed E-state index contributed by atoms with van der Waals surface area (Å²) in [6.45, 7) is 2.04. The van der Waals surface area contributed by atoms with Gasteiger partial charge in [0, 0.05) is 17.3 Å². The number of hydrogen-bond acceptors (Lipinski definition) is 4. The minimum absolute atomic E-state index is 0.0270. The van der Waals surface area contributed by atoms with Gasteiger partial charge in [-0.05, 0) is 6.42 Å². The first kappa shape index (κ1) is 14.5. The van der Waals surface area contributed by atoms with Gasteiger partial charge in [0.1, 0.15) is 0 Å². The number of thioether (sulfide) groups is 1. The van der Waals surface area contributed by atoms with Crippen LogP contribution in [0.1, 0.15) is 29.4 Å². The number of H-pyrrole nitrogens is 1. The molecule has 0 bridgehead atoms. The molecule has 1 aromatic carbocycles. The van der Waals surface area contributed by atoms with Crippen LogP contribution in [0, 0.1) is 0 Å². The number of carbonyl (C=O) groups excluding carboxylic acids is 1. The van der Waals surface area contributed by atoms with E-state index in [1.165, 1.54) is 17.8 Å². The minimum Gasteiger partial charge on any atom is -0.301 e. The topological polar surface area (TPSA) is 62.8 Å². The van der Waals surface area contributed by atoms with E-state index in [0.29, 0.717) is 10.7 Å². The van der Waals surface area contributed by atoms with Gasteiger partial charge < -0.3 is 4.98 Å². The minimum atomic E-state index is -0.168. The summed E-state index contributed by atoms with van der Waals surface area (Å²) < 4.78 is 0. The first-order valence-corrected chi connectivity index (χ1v) is 7.49. The van der Waals surface area contributed by atoms with Crippen LogP contribution in [-0.4, -0.2) is 21.5 Å². The summed E-state index contributed by atoms with van der Waals surface area (Å²) in [7, 11) is 0. The van der Waals surface area contributed by atoms with Crippen molar-refractivity contribution in [1.82, 2.24) is 9.97 Å². The average molecular weight is 288 g/mol. The van der Waals surface area contributed by atoms with Crippen molar-refractivity contribution >= 4 is 17.5 Å². The Hall–Kier alpha value is -1.88. The Kier molecular flexibility index (Phi) is 5.12. The number of aryl methyl sites for hydroxylation is 1. The molecule has 0 aliphatic rings. The van der Waals surface area contributed by atoms with E-state index < -0.39 is 0 Å². The quantitative estimate of drug-likeness (QED) is 0.504. The summed E-state index contributed by atoms with van der Waals surface area (Å²) in [4.78, 5) is 30.5. The van der Waals surface area contributed by atoms with E-state index in [2.05, 4.69) is 9.97 Å². The molecule has 1 aromatic heterocycles. The Morgan fingerprint density at radius 2 is 2.05 bits per heavy atom. The molecule has 0 saturated heterocycles. The summed E-state index contributed by atoms with van der Waals surface area (Å²) >= 11 is 1.26. The first-order valence-electron chi connectivity index (χ1n) is 6.50. The third kappa shape index (κ3) is 4.06. The highest BCUT2D eigenvalue weighted by Gasteiger charge is 2.08. The number of rotatable bonds is 6. The summed E-state index contributed by atoms with van der Waals surface area (Å²) in [5, 5.41) is 0.505. The van der Waals surface area contributed by atoms with Gasteiger partial charge in [0.15, 0.2) is 10.9 Å². The van der Waals surface area contributed by atoms with Gasteiger partial charge >= 0.3 is 0 Å². The molecule has 4 nitrogen and oxygen atoms in total. The molecule has 0 spiro atoms. The molecule has 0 radical (unpaired) electrons. The van der Waals surface area contributed by atoms with Crippen LogP contribution in [0.2, 0.25) is 0 Å². The first-order chi connectivity index (χ1) is 9.69. The van der Waals surface area contributed by atoms with Crippen molar-refractivity contribution < 1.29 is 4.79 Å². The summed E-state index contributed by atoms with van der Waals surface area (Å²) in [6, 6.07) is 10.6. The molecule has 0 amide bonds. The lowest BCUT2D eigenvalue weighted by Crippen LogP contribution is -2.11. The SMILES string of the molecule is CCCc1cc(=O)[nH]c(SCC(=O)c2ccccc2)n1. The zero-order valence-electron chi connectivity index (χ0n) is 11.3. The molecule has 0 unspecified atom stereocenters. The molecule has 0 aliphatic carbocycles. The predicted octanol–water partition coefficient (Wildman–Crippen LogP) is 2.70. The van der Waals surface area contributed by atoms with Crippen molar-refractivity contribution in [2.24, 2.45) is 0 Å². The molecule has 2 rings (SSSR count). The van der Waals surface area contributed by atoms with Crippen LogP contribution in [-0.2, 0) is 6.42 Å². The Bertz CT molecular complexity index is 638. The second-order valence-corrected chi connectivity index (χ2v) is 5.33. The number of Topliss-reactive ketones (excluding diaryl/α,β-unsaturated/α-hetero) is 1. The van der Waals surface area contributed by atoms with Crippen LogP contribution in [0.5, 0.6) is 0 Å². The molecule has 0 atom stereocenters. The Morgan fingerprint density at radius 3 is 2.75 bits per heavy atom. The average Bonchev–Trinajstić information content (AvgIpc) is 2.45. The van der Waals surface area contributed by atoms with Crippen LogP contribution >= 0.6 is 11.8 Å². The van der Waals surface area contributed by atoms with E-state index in [-0.39, 0.29) is 17.1 Å². The number of carbonyl (C=O) groups is 1. The lowest BCUT2D eigenvalue weighted by atomic mass is 10.2. The largest absolute Gasteiger partial charge is 0.301 e. The highest BCUT2D eigenvalue weighted by atomic mass is 32.2. The third-order valence-corrected chi connectivity index (χ3v) is 3.59. The maximum Gasteiger partial charge on any atom is 0.251 e. The second-order valence-electron chi connectivity index (χ2n) is 4.37. The van der Waals surface area contributed by atoms with E-state index in [1.54, 1.807) is 12.1 Å². The van der Waals surface area contributed by atoms with Gasteiger partial charge in [0.25, 0.3) is 5.56 Å². The van der Waals surface area contributed by atoms with E-state index in [4.69, 9.17) is 0 Å². The molecule has 5 heteroatoms. The van der Waals surface area contributed by atoms with E-state index in [0.717, 1.165) is 18.5 Å². The molecular formula is C15H16N2O2S. The number of hydrogen-bond donors (Lipinski definition) is 1. The number of nitrogens with one attached hydrogen (secondary N) is 1. The zero-order chi connectivity index (χ0) is 14.4. The monoisotopic (exact) mass is 288 g/mol. The highest BCUT2D eigenvalue weighted by molar-refractivity contribution is 7.99. The molecule has 0 fully saturated rings. The van der Waals surface area contributed by atoms with Gasteiger partial charge in [-0.2, -0.15) is 0 Å². The number of ketones is 1. The predicted molar refractivity (Wildman–Crippen MR) is 80.3 cm³/mol. The van der Waals surface area contributed by atoms with Crippen LogP contribution in [0.3, 0.4) is 0 Å². The second kappa shape index (κ2) is 7.05. The lowest BCUT2D eigenvalue weighted by Gasteiger charge is -2.03. The number of aromatic amines is 1. The highest BCUT2D eigenvalue weighted by Crippen LogP contribution is 2.14. The van der Waals surface area contributed by atoms with E-state index in [9.17, 15) is 9.59 Å². The third-order valence-electron chi connectivity index (χ3n) is 2.71. The van der Waals surface area contributed by atoms with Crippen molar-refractivity contribution in [3.63, 3.8) is 0 Å². The van der Waals surface area contributed by atoms with Gasteiger partial charge in [-0.1, -0.05) is 55.4 Å². The van der Waals surface area contributed by atoms with Crippen LogP contribution in [0.4, 0.5) is 0 Å². The number of nitrogens with zero attached hydrogens (tertiary/aromatic N) is 1. The number of aromatic nitrogens is 2. The van der Waals surface area contributed by atoms with Gasteiger partial charge in [-0.3, -0.25) is 9.59 Å². The number of benzene rings is 1. The van der Waals surface area contributed by atoms with Crippen LogP contribution in [0.25, 0.3) is 0 Å². The molecule has 2 aromatic rings. The Labute approximate surface area is 121 Å². The molecule has 0 saturated carbocycles. The van der Waals surface area contributed by atoms with E-state index >= 15 is 0 Å². The fourth-order valence-corrected chi connectivity index (χ4v) is 2.57. The van der Waals surface area contributed by atoms with Crippen molar-refractivity contribution in [3.05, 3.63) is 58.0 Å². The van der Waals surface area contributed by atoms with Gasteiger partial charge in [0.2, 0.25) is 0 Å². The molecule has 20 heavy (non-hydrogen) atoms. The Morgan fingerprint density at radius 1 is 1.30 bits per heavy atom. The summed E-state index contributed by atoms with van der Waals surface area (Å²) in [5.41, 5.74) is 1.27. The van der Waals surface area contributed by atoms with Gasteiger partial charge in [0.05, 0.1) is 5.75 Å². The van der Waals surface area contributed by atoms with Crippen molar-refractivity contribution in [1.29, 1.82) is 0 Å². The summed E-state index contributed by atoms with van der Waals surface area (Å²) in [6.07, 6.45) is 1.70. The van der Waals surface area contributed by atoms with Gasteiger partial charge in [-0.25, -0.2) is 4.98 Å². The zero-order valence-corrected chi connectivity index (χ0v) is 12.1. The van der Waals surface area contributed by atoms with Crippen molar-refractivity contribution in [2.75, 3.05) is 5.75 Å². The smallest absolute Gasteiger partial charge is 0.251 e. The maximum atomic E-state index is 12.0. The lowest BCUT2D eigenvalue weighted by molar-refractivity contribution is 0.102. The standard InChI is InChI=1S/C15H16N2O2S/c1-2-6-12-9-14(19)17-15(16-12)20-10-13(18)11-7-4-3-5-8-11/h3-5,7-9H,2,6,10H2,1H3,(H,16,17,19). The normalized spacial score (nSPS) is 10.4. The molecule has 0 aliphatic heterocycles. The van der Waals surface area contributed by atoms with Crippen LogP contribution in [0.15, 0.2) is 46.3 Å². The van der Waals surface area contributed by atoms with Crippen molar-refractivity contribution in [3.8, 4) is 0 Å². The fraction of sp³-hybridized carbons (Fsp3) is 0.267. The maximum absolute atomic E-state index is 12.0. The molecular weight excluding hydrogens is 272 g/mol. The Balaban J connectivity index is 2.04. The molecule has 1 N–H and O–H groups in total. The van der Waals surface area contributed by atoms with Crippen LogP contribution < -0.4 is 5.56 Å². The van der Waals surface area contributed by atoms with Crippen molar-refractivity contribution in [2.45, 2.75) is 24.9 Å². The molecule has 1 heterocycles. The molecule has 104 valence electrons. The fourth-order valence-electron chi connectivity index (χ4n) is 1.78. The summed E-state index contributed by atoms with van der Waals surface area (Å²) in [5.74, 6) is 0.293. The van der Waals surface area contributed by atoms with Gasteiger partial charge in [-0.15, -0.1) is 0 Å².